The Morgan fingerprint density at radius 2 is 1.28 bits per heavy atom. The maximum absolute atomic E-state index is 8.53. The highest BCUT2D eigenvalue weighted by Crippen LogP contribution is 1.86. The van der Waals surface area contributed by atoms with Gasteiger partial charge in [0, 0.05) is 20.2 Å². The minimum absolute atomic E-state index is 0.0793. The summed E-state index contributed by atoms with van der Waals surface area (Å²) in [6, 6.07) is 0. The zero-order valence-electron chi connectivity index (χ0n) is 11.6. The molecular weight excluding hydrogens is 238 g/mol. The molecule has 0 saturated heterocycles. The van der Waals surface area contributed by atoms with Gasteiger partial charge in [-0.25, -0.2) is 0 Å². The van der Waals surface area contributed by atoms with E-state index in [1.54, 1.807) is 7.11 Å². The highest BCUT2D eigenvalue weighted by Gasteiger charge is 1.98. The molecule has 0 rings (SSSR count). The zero-order chi connectivity index (χ0) is 13.5. The highest BCUT2D eigenvalue weighted by atomic mass is 16.5. The molecule has 1 N–H and O–H groups in total. The van der Waals surface area contributed by atoms with Crippen molar-refractivity contribution >= 4 is 0 Å². The fourth-order valence-corrected chi connectivity index (χ4v) is 1.18. The van der Waals surface area contributed by atoms with E-state index in [1.165, 1.54) is 0 Å². The van der Waals surface area contributed by atoms with Crippen LogP contribution in [0.1, 0.15) is 0 Å². The van der Waals surface area contributed by atoms with Gasteiger partial charge >= 0.3 is 0 Å². The normalized spacial score (nSPS) is 11.3. The van der Waals surface area contributed by atoms with Crippen LogP contribution < -0.4 is 0 Å². The molecule has 0 saturated carbocycles. The van der Waals surface area contributed by atoms with Gasteiger partial charge < -0.3 is 29.0 Å². The first-order valence-corrected chi connectivity index (χ1v) is 6.32. The molecule has 0 amide bonds. The number of hydrogen-bond acceptors (Lipinski definition) is 6. The average molecular weight is 265 g/mol. The van der Waals surface area contributed by atoms with E-state index in [9.17, 15) is 0 Å². The molecule has 110 valence electrons. The van der Waals surface area contributed by atoms with E-state index < -0.39 is 0 Å². The van der Waals surface area contributed by atoms with Crippen molar-refractivity contribution in [3.05, 3.63) is 0 Å². The van der Waals surface area contributed by atoms with Gasteiger partial charge in [-0.05, 0) is 7.05 Å². The molecule has 0 aromatic heterocycles. The average Bonchev–Trinajstić information content (AvgIpc) is 2.38. The highest BCUT2D eigenvalue weighted by molar-refractivity contribution is 4.49. The molecule has 0 atom stereocenters. The number of methoxy groups -OCH3 is 1. The van der Waals surface area contributed by atoms with E-state index in [0.29, 0.717) is 46.2 Å². The molecule has 0 aromatic rings. The maximum atomic E-state index is 8.53. The van der Waals surface area contributed by atoms with E-state index in [2.05, 4.69) is 4.90 Å². The lowest BCUT2D eigenvalue weighted by molar-refractivity contribution is 0.0184. The summed E-state index contributed by atoms with van der Waals surface area (Å²) in [5, 5.41) is 8.53. The summed E-state index contributed by atoms with van der Waals surface area (Å²) in [5.41, 5.74) is 0. The largest absolute Gasteiger partial charge is 0.394 e. The Labute approximate surface area is 110 Å². The molecule has 0 unspecified atom stereocenters. The third-order valence-electron chi connectivity index (χ3n) is 2.27. The topological polar surface area (TPSA) is 60.4 Å². The van der Waals surface area contributed by atoms with Crippen LogP contribution in [0.15, 0.2) is 0 Å². The van der Waals surface area contributed by atoms with E-state index in [-0.39, 0.29) is 6.61 Å². The van der Waals surface area contributed by atoms with Gasteiger partial charge in [0.05, 0.1) is 52.9 Å². The van der Waals surface area contributed by atoms with E-state index in [0.717, 1.165) is 13.1 Å². The third-order valence-corrected chi connectivity index (χ3v) is 2.27. The second kappa shape index (κ2) is 14.8. The molecule has 0 aromatic carbocycles. The molecule has 0 heterocycles. The smallest absolute Gasteiger partial charge is 0.0701 e. The van der Waals surface area contributed by atoms with Crippen molar-refractivity contribution in [2.45, 2.75) is 0 Å². The molecule has 0 spiro atoms. The van der Waals surface area contributed by atoms with Gasteiger partial charge in [0.1, 0.15) is 0 Å². The number of aliphatic hydroxyl groups excluding tert-OH is 1. The first-order chi connectivity index (χ1) is 8.81. The SMILES string of the molecule is COCCOCCOCCN(C)CCOCCO. The Balaban J connectivity index is 3.08. The molecule has 0 fully saturated rings. The van der Waals surface area contributed by atoms with Crippen LogP contribution in [0.25, 0.3) is 0 Å². The van der Waals surface area contributed by atoms with Gasteiger partial charge in [-0.15, -0.1) is 0 Å². The molecule has 0 aliphatic rings. The summed E-state index contributed by atoms with van der Waals surface area (Å²) >= 11 is 0. The maximum Gasteiger partial charge on any atom is 0.0701 e. The molecule has 0 aliphatic heterocycles. The Hall–Kier alpha value is -0.240. The number of aliphatic hydroxyl groups is 1. The quantitative estimate of drug-likeness (QED) is 0.432. The predicted molar refractivity (Wildman–Crippen MR) is 68.9 cm³/mol. The van der Waals surface area contributed by atoms with Crippen molar-refractivity contribution < 1.29 is 24.1 Å². The lowest BCUT2D eigenvalue weighted by atomic mass is 10.5. The lowest BCUT2D eigenvalue weighted by Gasteiger charge is -2.16. The molecule has 0 aliphatic carbocycles. The Bertz CT molecular complexity index is 159. The second-order valence-electron chi connectivity index (χ2n) is 3.86. The van der Waals surface area contributed by atoms with Crippen LogP contribution in [0, 0.1) is 0 Å². The Morgan fingerprint density at radius 1 is 0.778 bits per heavy atom. The zero-order valence-corrected chi connectivity index (χ0v) is 11.6. The third kappa shape index (κ3) is 13.8. The fraction of sp³-hybridized carbons (Fsp3) is 1.00. The molecule has 18 heavy (non-hydrogen) atoms. The first-order valence-electron chi connectivity index (χ1n) is 6.32. The van der Waals surface area contributed by atoms with Crippen molar-refractivity contribution in [3.63, 3.8) is 0 Å². The number of hydrogen-bond donors (Lipinski definition) is 1. The number of ether oxygens (including phenoxy) is 4. The molecule has 6 nitrogen and oxygen atoms in total. The number of rotatable bonds is 14. The summed E-state index contributed by atoms with van der Waals surface area (Å²) in [6.45, 7) is 5.96. The fourth-order valence-electron chi connectivity index (χ4n) is 1.18. The van der Waals surface area contributed by atoms with Gasteiger partial charge in [-0.1, -0.05) is 0 Å². The van der Waals surface area contributed by atoms with Crippen LogP contribution in [-0.4, -0.2) is 90.1 Å². The molecule has 0 radical (unpaired) electrons. The van der Waals surface area contributed by atoms with Gasteiger partial charge in [0.2, 0.25) is 0 Å². The first kappa shape index (κ1) is 17.8. The summed E-state index contributed by atoms with van der Waals surface area (Å²) in [5.74, 6) is 0. The van der Waals surface area contributed by atoms with Crippen molar-refractivity contribution in [1.82, 2.24) is 4.90 Å². The second-order valence-corrected chi connectivity index (χ2v) is 3.86. The summed E-state index contributed by atoms with van der Waals surface area (Å²) < 4.78 is 20.7. The Kier molecular flexibility index (Phi) is 14.6. The van der Waals surface area contributed by atoms with Crippen LogP contribution in [0.3, 0.4) is 0 Å². The van der Waals surface area contributed by atoms with Crippen molar-refractivity contribution in [1.29, 1.82) is 0 Å². The van der Waals surface area contributed by atoms with Crippen molar-refractivity contribution in [2.75, 3.05) is 80.1 Å². The molecule has 0 bridgehead atoms. The Morgan fingerprint density at radius 3 is 1.83 bits per heavy atom. The molecule has 6 heteroatoms. The van der Waals surface area contributed by atoms with E-state index in [4.69, 9.17) is 24.1 Å². The van der Waals surface area contributed by atoms with Gasteiger partial charge in [0.25, 0.3) is 0 Å². The van der Waals surface area contributed by atoms with Crippen LogP contribution in [0.5, 0.6) is 0 Å². The number of likely N-dealkylation sites (N-methyl/N-ethyl adjacent to an activating group) is 1. The van der Waals surface area contributed by atoms with Crippen LogP contribution in [0.4, 0.5) is 0 Å². The minimum Gasteiger partial charge on any atom is -0.394 e. The summed E-state index contributed by atoms with van der Waals surface area (Å²) in [6.07, 6.45) is 0. The van der Waals surface area contributed by atoms with Crippen molar-refractivity contribution in [2.24, 2.45) is 0 Å². The predicted octanol–water partition coefficient (Wildman–Crippen LogP) is -0.393. The number of nitrogens with zero attached hydrogens (tertiary/aromatic N) is 1. The molecular formula is C12H27NO5. The van der Waals surface area contributed by atoms with Gasteiger partial charge in [-0.3, -0.25) is 0 Å². The van der Waals surface area contributed by atoms with Crippen LogP contribution in [-0.2, 0) is 18.9 Å². The van der Waals surface area contributed by atoms with Crippen LogP contribution >= 0.6 is 0 Å². The summed E-state index contributed by atoms with van der Waals surface area (Å²) in [7, 11) is 3.67. The van der Waals surface area contributed by atoms with Gasteiger partial charge in [0.15, 0.2) is 0 Å². The summed E-state index contributed by atoms with van der Waals surface area (Å²) in [4.78, 5) is 2.13. The van der Waals surface area contributed by atoms with E-state index >= 15 is 0 Å². The van der Waals surface area contributed by atoms with Crippen molar-refractivity contribution in [3.8, 4) is 0 Å². The van der Waals surface area contributed by atoms with Crippen LogP contribution in [0.2, 0.25) is 0 Å². The van der Waals surface area contributed by atoms with E-state index in [1.807, 2.05) is 7.05 Å². The lowest BCUT2D eigenvalue weighted by Crippen LogP contribution is -2.27. The van der Waals surface area contributed by atoms with Gasteiger partial charge in [-0.2, -0.15) is 0 Å². The monoisotopic (exact) mass is 265 g/mol. The standard InChI is InChI=1S/C12H27NO5/c1-13(3-6-16-8-5-14)4-7-17-11-12-18-10-9-15-2/h14H,3-12H2,1-2H3. The minimum atomic E-state index is 0.0793.